The number of hydrogen-bond acceptors (Lipinski definition) is 5. The molecule has 1 amide bonds. The van der Waals surface area contributed by atoms with Gasteiger partial charge in [-0.25, -0.2) is 0 Å². The molecule has 0 fully saturated rings. The minimum absolute atomic E-state index is 0.109. The second-order valence-corrected chi connectivity index (χ2v) is 6.85. The van der Waals surface area contributed by atoms with Crippen molar-refractivity contribution in [2.45, 2.75) is 6.92 Å². The van der Waals surface area contributed by atoms with Crippen LogP contribution in [-0.2, 0) is 4.79 Å². The molecule has 146 valence electrons. The Kier molecular flexibility index (Phi) is 5.10. The van der Waals surface area contributed by atoms with Crippen LogP contribution in [0.4, 0.5) is 5.69 Å². The first kappa shape index (κ1) is 18.8. The minimum Gasteiger partial charge on any atom is -0.476 e. The lowest BCUT2D eigenvalue weighted by atomic mass is 10.2. The molecule has 4 rings (SSSR count). The average molecular weight is 410 g/mol. The van der Waals surface area contributed by atoms with Gasteiger partial charge in [-0.2, -0.15) is 0 Å². The highest BCUT2D eigenvalue weighted by Gasteiger charge is 2.21. The molecule has 0 radical (unpaired) electrons. The molecule has 0 unspecified atom stereocenters. The minimum atomic E-state index is -0.441. The molecular formula is C22H16ClNO5. The molecule has 29 heavy (non-hydrogen) atoms. The summed E-state index contributed by atoms with van der Waals surface area (Å²) in [7, 11) is 0. The number of rotatable bonds is 5. The van der Waals surface area contributed by atoms with E-state index >= 15 is 0 Å². The number of halogens is 1. The zero-order valence-corrected chi connectivity index (χ0v) is 16.2. The fourth-order valence-corrected chi connectivity index (χ4v) is 3.08. The van der Waals surface area contributed by atoms with Crippen molar-refractivity contribution in [2.75, 3.05) is 11.9 Å². The Morgan fingerprint density at radius 1 is 1.14 bits per heavy atom. The summed E-state index contributed by atoms with van der Waals surface area (Å²) in [5, 5.41) is 3.37. The average Bonchev–Trinajstić information content (AvgIpc) is 3.22. The van der Waals surface area contributed by atoms with Crippen LogP contribution in [0.3, 0.4) is 0 Å². The van der Waals surface area contributed by atoms with Gasteiger partial charge in [-0.05, 0) is 55.0 Å². The molecule has 0 aliphatic heterocycles. The first-order chi connectivity index (χ1) is 14.0. The molecule has 0 spiro atoms. The second-order valence-electron chi connectivity index (χ2n) is 6.41. The van der Waals surface area contributed by atoms with Gasteiger partial charge in [-0.3, -0.25) is 9.59 Å². The zero-order chi connectivity index (χ0) is 20.4. The van der Waals surface area contributed by atoms with Gasteiger partial charge in [0.05, 0.1) is 11.6 Å². The number of anilines is 1. The summed E-state index contributed by atoms with van der Waals surface area (Å²) in [5.41, 5.74) is 1.55. The van der Waals surface area contributed by atoms with Gasteiger partial charge < -0.3 is 18.9 Å². The van der Waals surface area contributed by atoms with Gasteiger partial charge in [0.1, 0.15) is 5.58 Å². The van der Waals surface area contributed by atoms with Gasteiger partial charge in [-0.15, -0.1) is 0 Å². The summed E-state index contributed by atoms with van der Waals surface area (Å²) in [6.07, 6.45) is 1.45. The van der Waals surface area contributed by atoms with Crippen LogP contribution >= 0.6 is 11.6 Å². The van der Waals surface area contributed by atoms with E-state index in [4.69, 9.17) is 25.2 Å². The first-order valence-corrected chi connectivity index (χ1v) is 9.18. The van der Waals surface area contributed by atoms with Gasteiger partial charge >= 0.3 is 0 Å². The third-order valence-corrected chi connectivity index (χ3v) is 4.44. The lowest BCUT2D eigenvalue weighted by molar-refractivity contribution is -0.118. The number of amides is 1. The number of aryl methyl sites for hydroxylation is 1. The Labute approximate surface area is 170 Å². The molecule has 0 aliphatic carbocycles. The summed E-state index contributed by atoms with van der Waals surface area (Å²) < 4.78 is 16.8. The number of nitrogens with one attached hydrogen (secondary N) is 1. The van der Waals surface area contributed by atoms with E-state index in [1.54, 1.807) is 30.3 Å². The van der Waals surface area contributed by atoms with Crippen molar-refractivity contribution in [2.24, 2.45) is 0 Å². The maximum Gasteiger partial charge on any atom is 0.262 e. The van der Waals surface area contributed by atoms with Crippen LogP contribution in [0.1, 0.15) is 5.56 Å². The number of hydrogen-bond donors (Lipinski definition) is 1. The van der Waals surface area contributed by atoms with Crippen LogP contribution in [0.15, 0.2) is 74.5 Å². The first-order valence-electron chi connectivity index (χ1n) is 8.81. The summed E-state index contributed by atoms with van der Waals surface area (Å²) in [6, 6.07) is 15.4. The molecule has 1 N–H and O–H groups in total. The molecule has 7 heteroatoms. The zero-order valence-electron chi connectivity index (χ0n) is 15.4. The molecule has 6 nitrogen and oxygen atoms in total. The largest absolute Gasteiger partial charge is 0.476 e. The fourth-order valence-electron chi connectivity index (χ4n) is 2.91. The fraction of sp³-hybridized carbons (Fsp3) is 0.0909. The second kappa shape index (κ2) is 7.85. The van der Waals surface area contributed by atoms with E-state index < -0.39 is 11.3 Å². The highest BCUT2D eigenvalue weighted by atomic mass is 35.5. The molecule has 2 aromatic heterocycles. The Hall–Kier alpha value is -3.51. The van der Waals surface area contributed by atoms with Crippen molar-refractivity contribution in [1.82, 2.24) is 0 Å². The normalized spacial score (nSPS) is 10.8. The van der Waals surface area contributed by atoms with Crippen LogP contribution in [-0.4, -0.2) is 12.5 Å². The van der Waals surface area contributed by atoms with E-state index in [9.17, 15) is 9.59 Å². The number of carbonyl (C=O) groups excluding carboxylic acids is 1. The topological polar surface area (TPSA) is 81.7 Å². The molecular weight excluding hydrogens is 394 g/mol. The monoisotopic (exact) mass is 409 g/mol. The quantitative estimate of drug-likeness (QED) is 0.499. The van der Waals surface area contributed by atoms with Crippen molar-refractivity contribution in [3.63, 3.8) is 0 Å². The Morgan fingerprint density at radius 2 is 2.00 bits per heavy atom. The number of benzene rings is 2. The maximum absolute atomic E-state index is 13.0. The molecule has 0 atom stereocenters. The van der Waals surface area contributed by atoms with Gasteiger partial charge in [-0.1, -0.05) is 23.7 Å². The summed E-state index contributed by atoms with van der Waals surface area (Å²) in [4.78, 5) is 25.3. The Morgan fingerprint density at radius 3 is 2.76 bits per heavy atom. The summed E-state index contributed by atoms with van der Waals surface area (Å²) >= 11 is 6.01. The van der Waals surface area contributed by atoms with E-state index in [-0.39, 0.29) is 23.5 Å². The molecule has 0 saturated carbocycles. The van der Waals surface area contributed by atoms with E-state index in [1.165, 1.54) is 12.3 Å². The molecule has 2 heterocycles. The third-order valence-electron chi connectivity index (χ3n) is 4.21. The third kappa shape index (κ3) is 4.02. The van der Waals surface area contributed by atoms with Gasteiger partial charge in [0.2, 0.25) is 16.9 Å². The smallest absolute Gasteiger partial charge is 0.262 e. The van der Waals surface area contributed by atoms with Crippen molar-refractivity contribution in [1.29, 1.82) is 0 Å². The van der Waals surface area contributed by atoms with Crippen molar-refractivity contribution in [3.8, 4) is 17.3 Å². The van der Waals surface area contributed by atoms with E-state index in [2.05, 4.69) is 5.32 Å². The van der Waals surface area contributed by atoms with Crippen molar-refractivity contribution in [3.05, 3.63) is 81.7 Å². The number of furan rings is 1. The van der Waals surface area contributed by atoms with Gasteiger partial charge in [0.25, 0.3) is 5.91 Å². The van der Waals surface area contributed by atoms with E-state index in [0.717, 1.165) is 5.56 Å². The molecule has 0 aliphatic rings. The van der Waals surface area contributed by atoms with Crippen LogP contribution in [0, 0.1) is 6.92 Å². The molecule has 4 aromatic rings. The number of fused-ring (bicyclic) bond motifs is 1. The predicted molar refractivity (Wildman–Crippen MR) is 110 cm³/mol. The van der Waals surface area contributed by atoms with Crippen LogP contribution in [0.25, 0.3) is 22.5 Å². The maximum atomic E-state index is 13.0. The summed E-state index contributed by atoms with van der Waals surface area (Å²) in [6.45, 7) is 1.55. The summed E-state index contributed by atoms with van der Waals surface area (Å²) in [5.74, 6) is -0.105. The molecule has 0 saturated heterocycles. The molecule has 2 aromatic carbocycles. The highest BCUT2D eigenvalue weighted by Crippen LogP contribution is 2.32. The number of carbonyl (C=O) groups is 1. The van der Waals surface area contributed by atoms with Crippen LogP contribution < -0.4 is 15.5 Å². The molecule has 0 bridgehead atoms. The van der Waals surface area contributed by atoms with Crippen LogP contribution in [0.5, 0.6) is 5.75 Å². The predicted octanol–water partition coefficient (Wildman–Crippen LogP) is 5.03. The Bertz CT molecular complexity index is 1240. The van der Waals surface area contributed by atoms with Crippen LogP contribution in [0.2, 0.25) is 5.02 Å². The number of ether oxygens (including phenoxy) is 1. The van der Waals surface area contributed by atoms with Crippen molar-refractivity contribution < 1.29 is 18.4 Å². The standard InChI is InChI=1S/C22H16ClNO5/c1-13-4-2-5-15(10-13)24-19(25)12-28-22-20(26)16-11-14(23)7-8-17(16)29-21(22)18-6-3-9-27-18/h2-11H,12H2,1H3,(H,24,25). The van der Waals surface area contributed by atoms with Crippen molar-refractivity contribution >= 4 is 34.2 Å². The lowest BCUT2D eigenvalue weighted by Crippen LogP contribution is -2.22. The highest BCUT2D eigenvalue weighted by molar-refractivity contribution is 6.31. The van der Waals surface area contributed by atoms with Gasteiger partial charge in [0, 0.05) is 10.7 Å². The lowest BCUT2D eigenvalue weighted by Gasteiger charge is -2.11. The van der Waals surface area contributed by atoms with E-state index in [1.807, 2.05) is 25.1 Å². The Balaban J connectivity index is 1.66. The SMILES string of the molecule is Cc1cccc(NC(=O)COc2c(-c3ccco3)oc3ccc(Cl)cc3c2=O)c1. The van der Waals surface area contributed by atoms with Gasteiger partial charge in [0.15, 0.2) is 12.4 Å². The van der Waals surface area contributed by atoms with E-state index in [0.29, 0.717) is 22.1 Å².